The Bertz CT molecular complexity index is 834. The lowest BCUT2D eigenvalue weighted by atomic mass is 9.94. The summed E-state index contributed by atoms with van der Waals surface area (Å²) in [6, 6.07) is 2.38. The van der Waals surface area contributed by atoms with Crippen LogP contribution in [0.15, 0.2) is 39.9 Å². The van der Waals surface area contributed by atoms with Crippen LogP contribution in [0.25, 0.3) is 0 Å². The number of rotatable bonds is 3. The van der Waals surface area contributed by atoms with Gasteiger partial charge in [0.15, 0.2) is 0 Å². The maximum Gasteiger partial charge on any atom is 0.440 e. The zero-order chi connectivity index (χ0) is 20.6. The molecule has 8 nitrogen and oxygen atoms in total. The van der Waals surface area contributed by atoms with E-state index in [-0.39, 0.29) is 5.71 Å². The van der Waals surface area contributed by atoms with Gasteiger partial charge in [-0.1, -0.05) is 11.2 Å². The topological polar surface area (TPSA) is 91.5 Å². The minimum Gasteiger partial charge on any atom is -0.369 e. The van der Waals surface area contributed by atoms with Crippen molar-refractivity contribution in [2.45, 2.75) is 24.4 Å². The summed E-state index contributed by atoms with van der Waals surface area (Å²) in [6.07, 6.45) is -8.98. The number of hydrogen-bond acceptors (Lipinski definition) is 6. The Morgan fingerprint density at radius 1 is 1.21 bits per heavy atom. The molecule has 0 unspecified atom stereocenters. The maximum absolute atomic E-state index is 13.0. The third kappa shape index (κ3) is 3.48. The lowest BCUT2D eigenvalue weighted by Gasteiger charge is -2.30. The minimum absolute atomic E-state index is 0.349. The number of carbonyl (C=O) groups excluding carboxylic acids is 1. The molecular weight excluding hydrogens is 398 g/mol. The van der Waals surface area contributed by atoms with E-state index >= 15 is 0 Å². The predicted molar refractivity (Wildman–Crippen MR) is 82.5 cm³/mol. The van der Waals surface area contributed by atoms with Crippen LogP contribution in [0, 0.1) is 0 Å². The first-order chi connectivity index (χ1) is 13.0. The molecule has 0 spiro atoms. The second kappa shape index (κ2) is 6.76. The van der Waals surface area contributed by atoms with E-state index in [1.807, 2.05) is 5.43 Å². The molecule has 1 aromatic heterocycles. The molecule has 28 heavy (non-hydrogen) atoms. The molecule has 2 amide bonds. The molecule has 0 aromatic carbocycles. The van der Waals surface area contributed by atoms with Gasteiger partial charge in [0.1, 0.15) is 11.4 Å². The number of amides is 2. The van der Waals surface area contributed by atoms with E-state index in [2.05, 4.69) is 25.2 Å². The summed E-state index contributed by atoms with van der Waals surface area (Å²) in [4.78, 5) is 19.4. The van der Waals surface area contributed by atoms with Crippen LogP contribution >= 0.6 is 0 Å². The van der Waals surface area contributed by atoms with Gasteiger partial charge in [0.25, 0.3) is 0 Å². The predicted octanol–water partition coefficient (Wildman–Crippen LogP) is 2.44. The zero-order valence-electron chi connectivity index (χ0n) is 13.6. The fraction of sp³-hybridized carbons (Fsp3) is 0.357. The summed E-state index contributed by atoms with van der Waals surface area (Å²) in [5, 5.41) is 11.0. The maximum atomic E-state index is 13.0. The molecule has 150 valence electrons. The number of carbonyl (C=O) groups is 1. The number of alkyl halides is 6. The molecule has 0 bridgehead atoms. The van der Waals surface area contributed by atoms with Crippen LogP contribution in [0.3, 0.4) is 0 Å². The summed E-state index contributed by atoms with van der Waals surface area (Å²) in [5.41, 5.74) is -3.06. The highest BCUT2D eigenvalue weighted by Crippen LogP contribution is 2.50. The van der Waals surface area contributed by atoms with Crippen molar-refractivity contribution in [3.05, 3.63) is 30.1 Å². The fourth-order valence-corrected chi connectivity index (χ4v) is 2.31. The molecule has 0 radical (unpaired) electrons. The zero-order valence-corrected chi connectivity index (χ0v) is 13.6. The van der Waals surface area contributed by atoms with Crippen molar-refractivity contribution in [2.75, 3.05) is 6.54 Å². The number of aromatic nitrogens is 1. The van der Waals surface area contributed by atoms with Crippen molar-refractivity contribution >= 4 is 23.7 Å². The van der Waals surface area contributed by atoms with Crippen LogP contribution in [-0.2, 0) is 4.84 Å². The van der Waals surface area contributed by atoms with E-state index < -0.39 is 42.7 Å². The first-order valence-corrected chi connectivity index (χ1v) is 7.50. The number of urea groups is 1. The summed E-state index contributed by atoms with van der Waals surface area (Å²) in [7, 11) is 0. The molecule has 3 heterocycles. The summed E-state index contributed by atoms with van der Waals surface area (Å²) < 4.78 is 78.2. The van der Waals surface area contributed by atoms with Crippen molar-refractivity contribution < 1.29 is 36.0 Å². The van der Waals surface area contributed by atoms with E-state index in [4.69, 9.17) is 0 Å². The summed E-state index contributed by atoms with van der Waals surface area (Å²) in [6.45, 7) is -0.503. The summed E-state index contributed by atoms with van der Waals surface area (Å²) in [5.74, 6) is 0. The fourth-order valence-electron chi connectivity index (χ4n) is 2.31. The first-order valence-electron chi connectivity index (χ1n) is 7.50. The molecule has 14 heteroatoms. The van der Waals surface area contributed by atoms with Crippen molar-refractivity contribution in [2.24, 2.45) is 15.4 Å². The summed E-state index contributed by atoms with van der Waals surface area (Å²) >= 11 is 0. The third-order valence-electron chi connectivity index (χ3n) is 3.83. The number of nitrogens with zero attached hydrogens (tertiary/aromatic N) is 5. The number of pyridine rings is 1. The highest BCUT2D eigenvalue weighted by Gasteiger charge is 2.76. The molecule has 1 N–H and O–H groups in total. The van der Waals surface area contributed by atoms with Crippen molar-refractivity contribution in [1.82, 2.24) is 15.4 Å². The van der Waals surface area contributed by atoms with Gasteiger partial charge >= 0.3 is 24.0 Å². The van der Waals surface area contributed by atoms with Crippen LogP contribution in [0.2, 0.25) is 0 Å². The molecule has 0 saturated heterocycles. The van der Waals surface area contributed by atoms with Crippen LogP contribution in [0.4, 0.5) is 31.1 Å². The molecular formula is C14H10F6N6O2. The Labute approximate surface area is 152 Å². The smallest absolute Gasteiger partial charge is 0.369 e. The van der Waals surface area contributed by atoms with Crippen molar-refractivity contribution in [3.8, 4) is 0 Å². The van der Waals surface area contributed by atoms with Gasteiger partial charge in [-0.15, -0.1) is 0 Å². The quantitative estimate of drug-likeness (QED) is 0.615. The van der Waals surface area contributed by atoms with Gasteiger partial charge in [-0.25, -0.2) is 15.2 Å². The molecule has 0 saturated carbocycles. The standard InChI is InChI=1S/C14H10F6N6O2/c15-13(16,17)12(14(18,19)20)4-9(25-28-12)10-7-26(11(27)24-23-10)22-6-8-2-1-3-21-5-8/h1-3,5-6H,4,7H2,(H,24,27). The van der Waals surface area contributed by atoms with Crippen molar-refractivity contribution in [3.63, 3.8) is 0 Å². The molecule has 0 fully saturated rings. The number of halogens is 6. The number of oxime groups is 1. The SMILES string of the molecule is O=C1NN=C(C2=NOC(C(F)(F)F)(C(F)(F)F)C2)CN1N=Cc1cccnc1. The van der Waals surface area contributed by atoms with E-state index in [0.29, 0.717) is 5.56 Å². The molecule has 3 rings (SSSR count). The lowest BCUT2D eigenvalue weighted by molar-refractivity contribution is -0.373. The Kier molecular flexibility index (Phi) is 4.72. The van der Waals surface area contributed by atoms with Gasteiger partial charge in [-0.3, -0.25) is 4.98 Å². The second-order valence-electron chi connectivity index (χ2n) is 5.69. The van der Waals surface area contributed by atoms with Gasteiger partial charge in [0, 0.05) is 18.0 Å². The van der Waals surface area contributed by atoms with Gasteiger partial charge in [-0.2, -0.15) is 36.5 Å². The van der Waals surface area contributed by atoms with Crippen molar-refractivity contribution in [1.29, 1.82) is 0 Å². The molecule has 2 aliphatic rings. The third-order valence-corrected chi connectivity index (χ3v) is 3.83. The Morgan fingerprint density at radius 2 is 1.93 bits per heavy atom. The average molecular weight is 408 g/mol. The van der Waals surface area contributed by atoms with Crippen LogP contribution in [-0.4, -0.2) is 58.2 Å². The molecule has 1 aromatic rings. The largest absolute Gasteiger partial charge is 0.440 e. The number of nitrogens with one attached hydrogen (secondary N) is 1. The lowest BCUT2D eigenvalue weighted by Crippen LogP contribution is -2.57. The van der Waals surface area contributed by atoms with E-state index in [1.54, 1.807) is 12.1 Å². The van der Waals surface area contributed by atoms with E-state index in [9.17, 15) is 31.1 Å². The normalized spacial score (nSPS) is 19.9. The highest BCUT2D eigenvalue weighted by atomic mass is 19.4. The number of hydrogen-bond donors (Lipinski definition) is 1. The van der Waals surface area contributed by atoms with Gasteiger partial charge in [-0.05, 0) is 6.07 Å². The van der Waals surface area contributed by atoms with Crippen LogP contribution < -0.4 is 5.43 Å². The Hall–Kier alpha value is -3.19. The molecule has 0 aliphatic carbocycles. The second-order valence-corrected chi connectivity index (χ2v) is 5.69. The van der Waals surface area contributed by atoms with E-state index in [0.717, 1.165) is 5.01 Å². The number of hydrazone groups is 2. The Balaban J connectivity index is 1.78. The van der Waals surface area contributed by atoms with Crippen LogP contribution in [0.1, 0.15) is 12.0 Å². The van der Waals surface area contributed by atoms with E-state index in [1.165, 1.54) is 18.6 Å². The first kappa shape index (κ1) is 19.6. The minimum atomic E-state index is -5.76. The van der Waals surface area contributed by atoms with Gasteiger partial charge in [0.05, 0.1) is 19.2 Å². The van der Waals surface area contributed by atoms with Gasteiger partial charge in [0.2, 0.25) is 0 Å². The molecule has 2 aliphatic heterocycles. The van der Waals surface area contributed by atoms with Gasteiger partial charge < -0.3 is 4.84 Å². The average Bonchev–Trinajstić information content (AvgIpc) is 3.09. The molecule has 0 atom stereocenters. The highest BCUT2D eigenvalue weighted by molar-refractivity contribution is 6.44. The van der Waals surface area contributed by atoms with Crippen LogP contribution in [0.5, 0.6) is 0 Å². The monoisotopic (exact) mass is 408 g/mol. The Morgan fingerprint density at radius 3 is 2.50 bits per heavy atom.